The van der Waals surface area contributed by atoms with Crippen molar-refractivity contribution in [2.45, 2.75) is 23.5 Å². The zero-order valence-electron chi connectivity index (χ0n) is 9.81. The minimum atomic E-state index is -3.53. The summed E-state index contributed by atoms with van der Waals surface area (Å²) in [6.07, 6.45) is 0.371. The van der Waals surface area contributed by atoms with Crippen LogP contribution in [-0.4, -0.2) is 27.4 Å². The van der Waals surface area contributed by atoms with Gasteiger partial charge in [0.1, 0.15) is 5.82 Å². The molecular weight excluding hydrogens is 245 g/mol. The number of hydrogen-bond acceptors (Lipinski definition) is 4. The Morgan fingerprint density at radius 3 is 2.65 bits per heavy atom. The van der Waals surface area contributed by atoms with E-state index in [2.05, 4.69) is 0 Å². The first-order valence-corrected chi connectivity index (χ1v) is 6.72. The molecule has 6 heteroatoms. The highest BCUT2D eigenvalue weighted by atomic mass is 32.2. The van der Waals surface area contributed by atoms with Gasteiger partial charge < -0.3 is 10.5 Å². The van der Waals surface area contributed by atoms with Crippen LogP contribution in [0.25, 0.3) is 0 Å². The largest absolute Gasteiger partial charge is 0.398 e. The molecule has 0 aliphatic rings. The summed E-state index contributed by atoms with van der Waals surface area (Å²) in [5.74, 6) is -0.550. The fourth-order valence-corrected chi connectivity index (χ4v) is 2.92. The Morgan fingerprint density at radius 2 is 2.12 bits per heavy atom. The Kier molecular flexibility index (Phi) is 4.47. The molecule has 1 atom stereocenters. The van der Waals surface area contributed by atoms with Gasteiger partial charge in [-0.05, 0) is 31.5 Å². The smallest absolute Gasteiger partial charge is 0.183 e. The van der Waals surface area contributed by atoms with Gasteiger partial charge in [0.25, 0.3) is 0 Å². The van der Waals surface area contributed by atoms with Crippen molar-refractivity contribution in [3.8, 4) is 0 Å². The second-order valence-electron chi connectivity index (χ2n) is 3.82. The molecule has 17 heavy (non-hydrogen) atoms. The second-order valence-corrected chi connectivity index (χ2v) is 6.15. The van der Waals surface area contributed by atoms with Gasteiger partial charge in [-0.3, -0.25) is 0 Å². The van der Waals surface area contributed by atoms with Crippen molar-refractivity contribution in [1.82, 2.24) is 0 Å². The van der Waals surface area contributed by atoms with E-state index in [1.807, 2.05) is 0 Å². The topological polar surface area (TPSA) is 69.4 Å². The second kappa shape index (κ2) is 5.46. The molecule has 96 valence electrons. The predicted octanol–water partition coefficient (Wildman–Crippen LogP) is 1.61. The summed E-state index contributed by atoms with van der Waals surface area (Å²) in [6, 6.07) is 3.30. The standard InChI is InChI=1S/C11H16FNO3S/c1-8(5-6-16-2)17(14,15)11-4-3-9(12)7-10(11)13/h3-4,7-8H,5-6,13H2,1-2H3. The summed E-state index contributed by atoms with van der Waals surface area (Å²) < 4.78 is 41.9. The minimum absolute atomic E-state index is 0.0255. The molecule has 1 aromatic rings. The van der Waals surface area contributed by atoms with E-state index in [4.69, 9.17) is 10.5 Å². The average molecular weight is 261 g/mol. The molecule has 2 N–H and O–H groups in total. The van der Waals surface area contributed by atoms with E-state index in [9.17, 15) is 12.8 Å². The van der Waals surface area contributed by atoms with Gasteiger partial charge >= 0.3 is 0 Å². The van der Waals surface area contributed by atoms with Crippen LogP contribution in [0.3, 0.4) is 0 Å². The highest BCUT2D eigenvalue weighted by molar-refractivity contribution is 7.92. The van der Waals surface area contributed by atoms with Crippen molar-refractivity contribution in [3.63, 3.8) is 0 Å². The van der Waals surface area contributed by atoms with Crippen LogP contribution in [0.5, 0.6) is 0 Å². The molecule has 0 saturated heterocycles. The predicted molar refractivity (Wildman–Crippen MR) is 64.0 cm³/mol. The number of sulfone groups is 1. The number of rotatable bonds is 5. The molecular formula is C11H16FNO3S. The highest BCUT2D eigenvalue weighted by Crippen LogP contribution is 2.24. The summed E-state index contributed by atoms with van der Waals surface area (Å²) in [4.78, 5) is -0.0255. The van der Waals surface area contributed by atoms with E-state index in [-0.39, 0.29) is 10.6 Å². The van der Waals surface area contributed by atoms with Gasteiger partial charge in [0.05, 0.1) is 15.8 Å². The Bertz CT molecular complexity index is 487. The molecule has 0 aliphatic carbocycles. The zero-order valence-corrected chi connectivity index (χ0v) is 10.6. The van der Waals surface area contributed by atoms with E-state index in [1.165, 1.54) is 13.2 Å². The first kappa shape index (κ1) is 13.9. The van der Waals surface area contributed by atoms with Crippen LogP contribution in [0.4, 0.5) is 10.1 Å². The third kappa shape index (κ3) is 3.17. The van der Waals surface area contributed by atoms with E-state index in [0.717, 1.165) is 12.1 Å². The van der Waals surface area contributed by atoms with E-state index in [1.54, 1.807) is 6.92 Å². The third-order valence-corrected chi connectivity index (χ3v) is 4.82. The van der Waals surface area contributed by atoms with Crippen molar-refractivity contribution >= 4 is 15.5 Å². The first-order valence-electron chi connectivity index (χ1n) is 5.17. The van der Waals surface area contributed by atoms with E-state index < -0.39 is 20.9 Å². The molecule has 0 spiro atoms. The average Bonchev–Trinajstić information content (AvgIpc) is 2.25. The monoisotopic (exact) mass is 261 g/mol. The maximum Gasteiger partial charge on any atom is 0.183 e. The Hall–Kier alpha value is -1.14. The maximum atomic E-state index is 12.8. The Balaban J connectivity index is 3.04. The number of halogens is 1. The summed E-state index contributed by atoms with van der Waals surface area (Å²) in [5.41, 5.74) is 5.46. The SMILES string of the molecule is COCCC(C)S(=O)(=O)c1ccc(F)cc1N. The van der Waals surface area contributed by atoms with Crippen LogP contribution < -0.4 is 5.73 Å². The van der Waals surface area contributed by atoms with Crippen LogP contribution in [0.1, 0.15) is 13.3 Å². The van der Waals surface area contributed by atoms with Crippen LogP contribution in [0.15, 0.2) is 23.1 Å². The molecule has 1 aromatic carbocycles. The van der Waals surface area contributed by atoms with Crippen molar-refractivity contribution in [2.24, 2.45) is 0 Å². The van der Waals surface area contributed by atoms with Gasteiger partial charge in [0, 0.05) is 13.7 Å². The molecule has 0 bridgehead atoms. The maximum absolute atomic E-state index is 12.8. The number of benzene rings is 1. The Morgan fingerprint density at radius 1 is 1.47 bits per heavy atom. The zero-order chi connectivity index (χ0) is 13.1. The van der Waals surface area contributed by atoms with Gasteiger partial charge in [-0.1, -0.05) is 0 Å². The molecule has 1 rings (SSSR count). The van der Waals surface area contributed by atoms with Crippen LogP contribution in [0.2, 0.25) is 0 Å². The Labute approximate surface area is 101 Å². The van der Waals surface area contributed by atoms with Crippen molar-refractivity contribution in [2.75, 3.05) is 19.5 Å². The fraction of sp³-hybridized carbons (Fsp3) is 0.455. The molecule has 0 heterocycles. The molecule has 1 unspecified atom stereocenters. The molecule has 0 aromatic heterocycles. The fourth-order valence-electron chi connectivity index (χ4n) is 1.43. The summed E-state index contributed by atoms with van der Waals surface area (Å²) in [6.45, 7) is 1.93. The number of ether oxygens (including phenoxy) is 1. The molecule has 0 saturated carbocycles. The van der Waals surface area contributed by atoms with Crippen molar-refractivity contribution < 1.29 is 17.5 Å². The first-order chi connectivity index (χ1) is 7.89. The summed E-state index contributed by atoms with van der Waals surface area (Å²) in [5, 5.41) is -0.616. The summed E-state index contributed by atoms with van der Waals surface area (Å²) >= 11 is 0. The van der Waals surface area contributed by atoms with Gasteiger partial charge in [-0.2, -0.15) is 0 Å². The highest BCUT2D eigenvalue weighted by Gasteiger charge is 2.25. The van der Waals surface area contributed by atoms with Crippen LogP contribution >= 0.6 is 0 Å². The number of nitrogens with two attached hydrogens (primary N) is 1. The lowest BCUT2D eigenvalue weighted by molar-refractivity contribution is 0.194. The molecule has 4 nitrogen and oxygen atoms in total. The number of anilines is 1. The summed E-state index contributed by atoms with van der Waals surface area (Å²) in [7, 11) is -2.02. The third-order valence-electron chi connectivity index (χ3n) is 2.54. The van der Waals surface area contributed by atoms with Crippen molar-refractivity contribution in [3.05, 3.63) is 24.0 Å². The molecule has 0 aliphatic heterocycles. The molecule has 0 radical (unpaired) electrons. The number of hydrogen-bond donors (Lipinski definition) is 1. The van der Waals surface area contributed by atoms with E-state index >= 15 is 0 Å². The van der Waals surface area contributed by atoms with Crippen LogP contribution in [0, 0.1) is 5.82 Å². The van der Waals surface area contributed by atoms with Gasteiger partial charge in [0.2, 0.25) is 0 Å². The van der Waals surface area contributed by atoms with Gasteiger partial charge in [0.15, 0.2) is 9.84 Å². The van der Waals surface area contributed by atoms with E-state index in [0.29, 0.717) is 13.0 Å². The lowest BCUT2D eigenvalue weighted by Gasteiger charge is -2.14. The number of nitrogen functional groups attached to an aromatic ring is 1. The van der Waals surface area contributed by atoms with Gasteiger partial charge in [-0.25, -0.2) is 12.8 Å². The van der Waals surface area contributed by atoms with Crippen LogP contribution in [-0.2, 0) is 14.6 Å². The quantitative estimate of drug-likeness (QED) is 0.645. The lowest BCUT2D eigenvalue weighted by atomic mass is 10.3. The molecule has 0 fully saturated rings. The normalized spacial score (nSPS) is 13.6. The molecule has 0 amide bonds. The minimum Gasteiger partial charge on any atom is -0.398 e. The number of methoxy groups -OCH3 is 1. The van der Waals surface area contributed by atoms with Gasteiger partial charge in [-0.15, -0.1) is 0 Å². The van der Waals surface area contributed by atoms with Crippen molar-refractivity contribution in [1.29, 1.82) is 0 Å². The lowest BCUT2D eigenvalue weighted by Crippen LogP contribution is -2.20.